The van der Waals surface area contributed by atoms with Crippen LogP contribution in [0.25, 0.3) is 0 Å². The number of hydrogen-bond acceptors (Lipinski definition) is 2. The molecule has 0 heterocycles. The molecular formula is C22H28ClIN4O. The van der Waals surface area contributed by atoms with Gasteiger partial charge in [0, 0.05) is 36.8 Å². The molecule has 0 saturated heterocycles. The molecule has 3 rings (SSSR count). The lowest BCUT2D eigenvalue weighted by molar-refractivity contribution is -0.122. The second kappa shape index (κ2) is 12.0. The van der Waals surface area contributed by atoms with Gasteiger partial charge in [0.2, 0.25) is 5.91 Å². The second-order valence-corrected chi connectivity index (χ2v) is 7.42. The minimum Gasteiger partial charge on any atom is -0.356 e. The first-order valence-electron chi connectivity index (χ1n) is 9.73. The third-order valence-corrected chi connectivity index (χ3v) is 5.37. The summed E-state index contributed by atoms with van der Waals surface area (Å²) in [5, 5.41) is 10.4. The molecule has 156 valence electrons. The summed E-state index contributed by atoms with van der Waals surface area (Å²) >= 11 is 6.19. The lowest BCUT2D eigenvalue weighted by Crippen LogP contribution is -2.37. The maximum Gasteiger partial charge on any atom is 0.227 e. The van der Waals surface area contributed by atoms with E-state index in [1.54, 1.807) is 7.05 Å². The molecule has 1 aliphatic carbocycles. The smallest absolute Gasteiger partial charge is 0.227 e. The lowest BCUT2D eigenvalue weighted by Gasteiger charge is -2.24. The van der Waals surface area contributed by atoms with E-state index in [2.05, 4.69) is 20.9 Å². The van der Waals surface area contributed by atoms with Crippen molar-refractivity contribution in [3.63, 3.8) is 0 Å². The number of nitrogens with one attached hydrogen (secondary N) is 3. The van der Waals surface area contributed by atoms with Crippen LogP contribution in [0.5, 0.6) is 0 Å². The molecule has 0 bridgehead atoms. The third-order valence-electron chi connectivity index (χ3n) is 5.00. The predicted molar refractivity (Wildman–Crippen MR) is 131 cm³/mol. The van der Waals surface area contributed by atoms with E-state index in [-0.39, 0.29) is 35.8 Å². The zero-order valence-electron chi connectivity index (χ0n) is 16.6. The Morgan fingerprint density at radius 3 is 2.62 bits per heavy atom. The molecule has 0 spiro atoms. The molecule has 29 heavy (non-hydrogen) atoms. The van der Waals surface area contributed by atoms with Crippen molar-refractivity contribution in [3.8, 4) is 0 Å². The highest BCUT2D eigenvalue weighted by atomic mass is 127. The van der Waals surface area contributed by atoms with Crippen LogP contribution in [0.1, 0.15) is 30.4 Å². The number of aliphatic imine (C=N–C) groups is 1. The molecule has 0 radical (unpaired) electrons. The van der Waals surface area contributed by atoms with Gasteiger partial charge in [0.15, 0.2) is 5.96 Å². The number of rotatable bonds is 7. The van der Waals surface area contributed by atoms with Crippen LogP contribution in [0.15, 0.2) is 53.5 Å². The number of halogens is 2. The Morgan fingerprint density at radius 1 is 1.14 bits per heavy atom. The summed E-state index contributed by atoms with van der Waals surface area (Å²) in [7, 11) is 1.75. The van der Waals surface area contributed by atoms with Gasteiger partial charge in [-0.05, 0) is 48.6 Å². The van der Waals surface area contributed by atoms with Crippen LogP contribution in [0.3, 0.4) is 0 Å². The van der Waals surface area contributed by atoms with E-state index in [1.165, 1.54) is 0 Å². The van der Waals surface area contributed by atoms with Crippen LogP contribution < -0.4 is 16.0 Å². The summed E-state index contributed by atoms with van der Waals surface area (Å²) < 4.78 is 0. The summed E-state index contributed by atoms with van der Waals surface area (Å²) in [5.74, 6) is 1.05. The van der Waals surface area contributed by atoms with Gasteiger partial charge in [-0.15, -0.1) is 24.0 Å². The van der Waals surface area contributed by atoms with Crippen molar-refractivity contribution >= 4 is 53.1 Å². The maximum atomic E-state index is 12.1. The highest BCUT2D eigenvalue weighted by molar-refractivity contribution is 14.0. The number of anilines is 1. The van der Waals surface area contributed by atoms with E-state index in [1.807, 2.05) is 48.5 Å². The van der Waals surface area contributed by atoms with Crippen LogP contribution in [0, 0.1) is 5.92 Å². The first-order chi connectivity index (χ1) is 13.7. The number of amides is 1. The highest BCUT2D eigenvalue weighted by Gasteiger charge is 2.25. The van der Waals surface area contributed by atoms with Gasteiger partial charge in [0.05, 0.1) is 0 Å². The molecule has 1 fully saturated rings. The molecule has 1 amide bonds. The van der Waals surface area contributed by atoms with Crippen LogP contribution in [0.2, 0.25) is 5.02 Å². The van der Waals surface area contributed by atoms with Crippen molar-refractivity contribution in [2.75, 3.05) is 18.9 Å². The Bertz CT molecular complexity index is 839. The quantitative estimate of drug-likeness (QED) is 0.281. The van der Waals surface area contributed by atoms with Crippen molar-refractivity contribution in [1.82, 2.24) is 10.6 Å². The van der Waals surface area contributed by atoms with Gasteiger partial charge in [-0.25, -0.2) is 0 Å². The van der Waals surface area contributed by atoms with Gasteiger partial charge < -0.3 is 16.0 Å². The largest absolute Gasteiger partial charge is 0.356 e. The average molecular weight is 527 g/mol. The standard InChI is InChI=1S/C22H27ClN4O.HI/c1-24-22(25-13-12-17-7-2-3-11-20(17)23)26-15-16-6-4-10-19(14-16)27-21(28)18-8-5-9-18;/h2-4,6-7,10-11,14,18H,5,8-9,12-13,15H2,1H3,(H,27,28)(H2,24,25,26);1H. The van der Waals surface area contributed by atoms with E-state index in [4.69, 9.17) is 11.6 Å². The average Bonchev–Trinajstić information content (AvgIpc) is 2.64. The molecule has 0 aliphatic heterocycles. The number of carbonyl (C=O) groups is 1. The summed E-state index contributed by atoms with van der Waals surface area (Å²) in [6, 6.07) is 15.8. The molecule has 3 N–H and O–H groups in total. The molecular weight excluding hydrogens is 499 g/mol. The summed E-state index contributed by atoms with van der Waals surface area (Å²) in [4.78, 5) is 16.4. The minimum absolute atomic E-state index is 0. The molecule has 1 saturated carbocycles. The minimum atomic E-state index is 0. The molecule has 1 aliphatic rings. The van der Waals surface area contributed by atoms with Gasteiger partial charge >= 0.3 is 0 Å². The van der Waals surface area contributed by atoms with Crippen molar-refractivity contribution in [3.05, 3.63) is 64.7 Å². The molecule has 0 atom stereocenters. The third kappa shape index (κ3) is 7.19. The van der Waals surface area contributed by atoms with E-state index in [0.717, 1.165) is 60.0 Å². The van der Waals surface area contributed by atoms with Crippen molar-refractivity contribution < 1.29 is 4.79 Å². The molecule has 7 heteroatoms. The van der Waals surface area contributed by atoms with Crippen molar-refractivity contribution in [2.45, 2.75) is 32.2 Å². The zero-order chi connectivity index (χ0) is 19.8. The number of guanidine groups is 1. The Labute approximate surface area is 194 Å². The molecule has 2 aromatic carbocycles. The normalized spacial score (nSPS) is 13.8. The summed E-state index contributed by atoms with van der Waals surface area (Å²) in [6.07, 6.45) is 3.99. The molecule has 0 unspecified atom stereocenters. The predicted octanol–water partition coefficient (Wildman–Crippen LogP) is 4.60. The van der Waals surface area contributed by atoms with Crippen LogP contribution in [-0.4, -0.2) is 25.5 Å². The Kier molecular flexibility index (Phi) is 9.73. The van der Waals surface area contributed by atoms with E-state index >= 15 is 0 Å². The SMILES string of the molecule is CN=C(NCCc1ccccc1Cl)NCc1cccc(NC(=O)C2CCC2)c1.I. The topological polar surface area (TPSA) is 65.5 Å². The number of benzene rings is 2. The van der Waals surface area contributed by atoms with Crippen LogP contribution in [0.4, 0.5) is 5.69 Å². The summed E-state index contributed by atoms with van der Waals surface area (Å²) in [6.45, 7) is 1.36. The van der Waals surface area contributed by atoms with Crippen molar-refractivity contribution in [2.24, 2.45) is 10.9 Å². The fraction of sp³-hybridized carbons (Fsp3) is 0.364. The van der Waals surface area contributed by atoms with E-state index in [0.29, 0.717) is 6.54 Å². The number of hydrogen-bond donors (Lipinski definition) is 3. The second-order valence-electron chi connectivity index (χ2n) is 7.01. The number of nitrogens with zero attached hydrogens (tertiary/aromatic N) is 1. The van der Waals surface area contributed by atoms with Gasteiger partial charge in [0.1, 0.15) is 0 Å². The molecule has 5 nitrogen and oxygen atoms in total. The fourth-order valence-electron chi connectivity index (χ4n) is 3.10. The van der Waals surface area contributed by atoms with Gasteiger partial charge in [-0.3, -0.25) is 9.79 Å². The maximum absolute atomic E-state index is 12.1. The van der Waals surface area contributed by atoms with E-state index < -0.39 is 0 Å². The summed E-state index contributed by atoms with van der Waals surface area (Å²) in [5.41, 5.74) is 3.04. The Balaban J connectivity index is 0.00000300. The van der Waals surface area contributed by atoms with Crippen LogP contribution >= 0.6 is 35.6 Å². The lowest BCUT2D eigenvalue weighted by atomic mass is 9.85. The van der Waals surface area contributed by atoms with Gasteiger partial charge in [-0.2, -0.15) is 0 Å². The Morgan fingerprint density at radius 2 is 1.93 bits per heavy atom. The molecule has 2 aromatic rings. The fourth-order valence-corrected chi connectivity index (χ4v) is 3.33. The molecule has 0 aromatic heterocycles. The Hall–Kier alpha value is -1.80. The monoisotopic (exact) mass is 526 g/mol. The number of carbonyl (C=O) groups excluding carboxylic acids is 1. The van der Waals surface area contributed by atoms with Gasteiger partial charge in [0.25, 0.3) is 0 Å². The van der Waals surface area contributed by atoms with Crippen molar-refractivity contribution in [1.29, 1.82) is 0 Å². The van der Waals surface area contributed by atoms with E-state index in [9.17, 15) is 4.79 Å². The zero-order valence-corrected chi connectivity index (χ0v) is 19.7. The first kappa shape index (κ1) is 23.5. The van der Waals surface area contributed by atoms with Crippen LogP contribution in [-0.2, 0) is 17.8 Å². The van der Waals surface area contributed by atoms with Gasteiger partial charge in [-0.1, -0.05) is 48.4 Å². The highest BCUT2D eigenvalue weighted by Crippen LogP contribution is 2.27. The first-order valence-corrected chi connectivity index (χ1v) is 10.1.